The van der Waals surface area contributed by atoms with Gasteiger partial charge < -0.3 is 0 Å². The predicted molar refractivity (Wildman–Crippen MR) is 73.1 cm³/mol. The fraction of sp³-hybridized carbons (Fsp3) is 0.571. The van der Waals surface area contributed by atoms with Crippen molar-refractivity contribution < 1.29 is 4.84 Å². The molecule has 1 atom stereocenters. The van der Waals surface area contributed by atoms with E-state index in [1.54, 1.807) is 11.8 Å². The van der Waals surface area contributed by atoms with Crippen LogP contribution in [-0.2, 0) is 4.84 Å². The van der Waals surface area contributed by atoms with E-state index in [4.69, 9.17) is 4.84 Å². The van der Waals surface area contributed by atoms with Crippen LogP contribution < -0.4 is 5.48 Å². The molecule has 0 aliphatic heterocycles. The Morgan fingerprint density at radius 3 is 2.47 bits per heavy atom. The quantitative estimate of drug-likeness (QED) is 0.633. The number of thioether (sulfide) groups is 1. The average Bonchev–Trinajstić information content (AvgIpc) is 2.89. The summed E-state index contributed by atoms with van der Waals surface area (Å²) in [6.07, 6.45) is 7.53. The molecule has 2 rings (SSSR count). The Bertz CT molecular complexity index is 333. The Hall–Kier alpha value is -0.510. The maximum Gasteiger partial charge on any atom is 0.0790 e. The Morgan fingerprint density at radius 2 is 1.88 bits per heavy atom. The maximum atomic E-state index is 5.72. The summed E-state index contributed by atoms with van der Waals surface area (Å²) in [4.78, 5) is 7.02. The summed E-state index contributed by atoms with van der Waals surface area (Å²) >= 11 is 1.77. The van der Waals surface area contributed by atoms with Gasteiger partial charge in [-0.3, -0.25) is 4.84 Å². The lowest BCUT2D eigenvalue weighted by Crippen LogP contribution is -2.24. The van der Waals surface area contributed by atoms with Crippen molar-refractivity contribution in [3.8, 4) is 0 Å². The molecule has 1 aliphatic carbocycles. The summed E-state index contributed by atoms with van der Waals surface area (Å²) in [6, 6.07) is 8.91. The van der Waals surface area contributed by atoms with Crippen LogP contribution in [0.2, 0.25) is 0 Å². The van der Waals surface area contributed by atoms with Crippen LogP contribution in [0.5, 0.6) is 0 Å². The van der Waals surface area contributed by atoms with Crippen molar-refractivity contribution in [2.75, 3.05) is 6.26 Å². The highest BCUT2D eigenvalue weighted by atomic mass is 32.2. The van der Waals surface area contributed by atoms with Crippen LogP contribution in [0, 0.1) is 0 Å². The van der Waals surface area contributed by atoms with E-state index in [9.17, 15) is 0 Å². The minimum Gasteiger partial charge on any atom is -0.298 e. The molecular weight excluding hydrogens is 230 g/mol. The topological polar surface area (TPSA) is 21.3 Å². The van der Waals surface area contributed by atoms with Crippen molar-refractivity contribution in [2.45, 2.75) is 49.6 Å². The average molecular weight is 251 g/mol. The van der Waals surface area contributed by atoms with E-state index in [0.717, 1.165) is 0 Å². The van der Waals surface area contributed by atoms with Gasteiger partial charge >= 0.3 is 0 Å². The first-order valence-corrected chi connectivity index (χ1v) is 7.57. The molecule has 1 aromatic carbocycles. The van der Waals surface area contributed by atoms with Crippen molar-refractivity contribution in [1.29, 1.82) is 0 Å². The fourth-order valence-corrected chi connectivity index (χ4v) is 2.57. The molecule has 0 spiro atoms. The first-order chi connectivity index (χ1) is 8.29. The largest absolute Gasteiger partial charge is 0.298 e. The van der Waals surface area contributed by atoms with E-state index in [1.807, 2.05) is 0 Å². The lowest BCUT2D eigenvalue weighted by atomic mass is 10.1. The van der Waals surface area contributed by atoms with Gasteiger partial charge in [-0.2, -0.15) is 5.48 Å². The van der Waals surface area contributed by atoms with Gasteiger partial charge in [-0.1, -0.05) is 25.0 Å². The maximum absolute atomic E-state index is 5.72. The molecule has 3 heteroatoms. The molecule has 0 bridgehead atoms. The normalized spacial score (nSPS) is 18.5. The molecule has 1 N–H and O–H groups in total. The van der Waals surface area contributed by atoms with Crippen molar-refractivity contribution in [3.05, 3.63) is 29.8 Å². The van der Waals surface area contributed by atoms with Gasteiger partial charge in [0.1, 0.15) is 0 Å². The first-order valence-electron chi connectivity index (χ1n) is 6.34. The second-order valence-corrected chi connectivity index (χ2v) is 5.52. The summed E-state index contributed by atoms with van der Waals surface area (Å²) in [5.41, 5.74) is 4.45. The van der Waals surface area contributed by atoms with Crippen LogP contribution in [0.1, 0.15) is 44.2 Å². The van der Waals surface area contributed by atoms with Crippen molar-refractivity contribution in [3.63, 3.8) is 0 Å². The van der Waals surface area contributed by atoms with Crippen LogP contribution >= 0.6 is 11.8 Å². The number of hydrogen-bond donors (Lipinski definition) is 1. The second-order valence-electron chi connectivity index (χ2n) is 4.64. The minimum absolute atomic E-state index is 0.256. The standard InChI is InChI=1S/C14H21NOS/c1-11(15-16-13-5-3-4-6-13)12-7-9-14(17-2)10-8-12/h7-11,13,15H,3-6H2,1-2H3. The lowest BCUT2D eigenvalue weighted by molar-refractivity contribution is -0.0376. The molecule has 17 heavy (non-hydrogen) atoms. The van der Waals surface area contributed by atoms with E-state index >= 15 is 0 Å². The summed E-state index contributed by atoms with van der Waals surface area (Å²) in [5, 5.41) is 0. The summed E-state index contributed by atoms with van der Waals surface area (Å²) < 4.78 is 0. The molecule has 1 aliphatic rings. The summed E-state index contributed by atoms with van der Waals surface area (Å²) in [7, 11) is 0. The zero-order valence-corrected chi connectivity index (χ0v) is 11.4. The van der Waals surface area contributed by atoms with Gasteiger partial charge in [-0.25, -0.2) is 0 Å². The molecule has 0 aromatic heterocycles. The third-order valence-electron chi connectivity index (χ3n) is 3.33. The number of hydroxylamine groups is 1. The van der Waals surface area contributed by atoms with Gasteiger partial charge in [0.2, 0.25) is 0 Å². The smallest absolute Gasteiger partial charge is 0.0790 e. The molecule has 94 valence electrons. The van der Waals surface area contributed by atoms with Gasteiger partial charge in [0.05, 0.1) is 12.1 Å². The van der Waals surface area contributed by atoms with Crippen LogP contribution in [0.25, 0.3) is 0 Å². The Morgan fingerprint density at radius 1 is 1.24 bits per heavy atom. The van der Waals surface area contributed by atoms with E-state index in [1.165, 1.54) is 36.1 Å². The van der Waals surface area contributed by atoms with Gasteiger partial charge in [-0.15, -0.1) is 11.8 Å². The third-order valence-corrected chi connectivity index (χ3v) is 4.07. The lowest BCUT2D eigenvalue weighted by Gasteiger charge is -2.18. The molecule has 1 unspecified atom stereocenters. The molecular formula is C14H21NOS. The molecule has 2 nitrogen and oxygen atoms in total. The zero-order valence-electron chi connectivity index (χ0n) is 10.6. The number of nitrogens with one attached hydrogen (secondary N) is 1. The molecule has 0 heterocycles. The molecule has 1 saturated carbocycles. The van der Waals surface area contributed by atoms with Crippen molar-refractivity contribution in [2.24, 2.45) is 0 Å². The Kier molecular flexibility index (Phi) is 4.89. The Labute approximate surface area is 108 Å². The van der Waals surface area contributed by atoms with Crippen molar-refractivity contribution in [1.82, 2.24) is 5.48 Å². The van der Waals surface area contributed by atoms with Crippen LogP contribution in [0.15, 0.2) is 29.2 Å². The van der Waals surface area contributed by atoms with Crippen LogP contribution in [-0.4, -0.2) is 12.4 Å². The SMILES string of the molecule is CSc1ccc(C(C)NOC2CCCC2)cc1. The summed E-state index contributed by atoms with van der Waals surface area (Å²) in [5.74, 6) is 0. The molecule has 0 saturated heterocycles. The van der Waals surface area contributed by atoms with Crippen LogP contribution in [0.3, 0.4) is 0 Å². The monoisotopic (exact) mass is 251 g/mol. The first kappa shape index (κ1) is 12.9. The van der Waals surface area contributed by atoms with Gasteiger partial charge in [0, 0.05) is 4.90 Å². The molecule has 1 aromatic rings. The fourth-order valence-electron chi connectivity index (χ4n) is 2.17. The third kappa shape index (κ3) is 3.73. The number of hydrogen-bond acceptors (Lipinski definition) is 3. The highest BCUT2D eigenvalue weighted by molar-refractivity contribution is 7.98. The minimum atomic E-state index is 0.256. The number of benzene rings is 1. The van der Waals surface area contributed by atoms with Gasteiger partial charge in [-0.05, 0) is 43.7 Å². The molecule has 0 radical (unpaired) electrons. The van der Waals surface area contributed by atoms with E-state index < -0.39 is 0 Å². The Balaban J connectivity index is 1.83. The van der Waals surface area contributed by atoms with Gasteiger partial charge in [0.25, 0.3) is 0 Å². The highest BCUT2D eigenvalue weighted by Crippen LogP contribution is 2.22. The van der Waals surface area contributed by atoms with Crippen molar-refractivity contribution >= 4 is 11.8 Å². The van der Waals surface area contributed by atoms with E-state index in [0.29, 0.717) is 6.10 Å². The summed E-state index contributed by atoms with van der Waals surface area (Å²) in [6.45, 7) is 2.14. The van der Waals surface area contributed by atoms with Crippen LogP contribution in [0.4, 0.5) is 0 Å². The second kappa shape index (κ2) is 6.43. The van der Waals surface area contributed by atoms with Gasteiger partial charge in [0.15, 0.2) is 0 Å². The molecule has 0 amide bonds. The number of rotatable bonds is 5. The zero-order chi connectivity index (χ0) is 12.1. The van der Waals surface area contributed by atoms with E-state index in [-0.39, 0.29) is 6.04 Å². The molecule has 1 fully saturated rings. The predicted octanol–water partition coefficient (Wildman–Crippen LogP) is 3.93. The highest BCUT2D eigenvalue weighted by Gasteiger charge is 2.16. The van der Waals surface area contributed by atoms with E-state index in [2.05, 4.69) is 42.9 Å².